The highest BCUT2D eigenvalue weighted by Crippen LogP contribution is 2.33. The van der Waals surface area contributed by atoms with Crippen LogP contribution in [0.5, 0.6) is 0 Å². The molecule has 4 heterocycles. The van der Waals surface area contributed by atoms with Crippen LogP contribution in [-0.2, 0) is 7.05 Å². The molecule has 0 bridgehead atoms. The molecule has 0 amide bonds. The third-order valence-electron chi connectivity index (χ3n) is 3.56. The summed E-state index contributed by atoms with van der Waals surface area (Å²) in [7, 11) is 1.93. The summed E-state index contributed by atoms with van der Waals surface area (Å²) < 4.78 is 1.95. The Balaban J connectivity index is 1.90. The van der Waals surface area contributed by atoms with Crippen molar-refractivity contribution in [3.8, 4) is 21.3 Å². The Morgan fingerprint density at radius 1 is 1.22 bits per heavy atom. The third kappa shape index (κ3) is 2.31. The van der Waals surface area contributed by atoms with E-state index < -0.39 is 0 Å². The summed E-state index contributed by atoms with van der Waals surface area (Å²) >= 11 is 1.43. The number of fused-ring (bicyclic) bond motifs is 1. The SMILES string of the molecule is Cn1ccc2c(-c3nnc(-c4cccnc4)s3)nc(C=O)cc21. The summed E-state index contributed by atoms with van der Waals surface area (Å²) in [5.41, 5.74) is 2.91. The zero-order valence-corrected chi connectivity index (χ0v) is 13.0. The first kappa shape index (κ1) is 13.7. The van der Waals surface area contributed by atoms with Gasteiger partial charge in [0.05, 0.1) is 5.52 Å². The molecule has 0 saturated carbocycles. The second-order valence-corrected chi connectivity index (χ2v) is 6.00. The average molecular weight is 321 g/mol. The van der Waals surface area contributed by atoms with Crippen molar-refractivity contribution in [2.75, 3.05) is 0 Å². The van der Waals surface area contributed by atoms with Gasteiger partial charge in [-0.2, -0.15) is 0 Å². The van der Waals surface area contributed by atoms with Crippen LogP contribution < -0.4 is 0 Å². The fraction of sp³-hybridized carbons (Fsp3) is 0.0625. The molecule has 0 aromatic carbocycles. The molecule has 0 atom stereocenters. The number of aromatic nitrogens is 5. The summed E-state index contributed by atoms with van der Waals surface area (Å²) in [5, 5.41) is 10.9. The van der Waals surface area contributed by atoms with Gasteiger partial charge in [0.25, 0.3) is 0 Å². The molecule has 0 spiro atoms. The van der Waals surface area contributed by atoms with Gasteiger partial charge >= 0.3 is 0 Å². The van der Waals surface area contributed by atoms with E-state index in [1.54, 1.807) is 18.5 Å². The highest BCUT2D eigenvalue weighted by molar-refractivity contribution is 7.18. The second-order valence-electron chi connectivity index (χ2n) is 5.03. The van der Waals surface area contributed by atoms with Gasteiger partial charge in [0, 0.05) is 36.6 Å². The number of aldehydes is 1. The van der Waals surface area contributed by atoms with Crippen LogP contribution in [0.3, 0.4) is 0 Å². The molecule has 0 unspecified atom stereocenters. The Labute approximate surface area is 135 Å². The van der Waals surface area contributed by atoms with E-state index in [2.05, 4.69) is 20.2 Å². The van der Waals surface area contributed by atoms with Gasteiger partial charge in [-0.3, -0.25) is 9.78 Å². The molecule has 112 valence electrons. The molecule has 6 nitrogen and oxygen atoms in total. The van der Waals surface area contributed by atoms with Crippen molar-refractivity contribution in [1.82, 2.24) is 24.7 Å². The largest absolute Gasteiger partial charge is 0.350 e. The number of rotatable bonds is 3. The fourth-order valence-corrected chi connectivity index (χ4v) is 3.27. The molecule has 0 radical (unpaired) electrons. The highest BCUT2D eigenvalue weighted by atomic mass is 32.1. The number of aryl methyl sites for hydroxylation is 1. The Hall–Kier alpha value is -2.93. The van der Waals surface area contributed by atoms with E-state index in [0.29, 0.717) is 16.4 Å². The first-order valence-electron chi connectivity index (χ1n) is 6.92. The lowest BCUT2D eigenvalue weighted by atomic mass is 10.2. The molecule has 7 heteroatoms. The Morgan fingerprint density at radius 3 is 2.87 bits per heavy atom. The van der Waals surface area contributed by atoms with E-state index in [1.807, 2.05) is 36.0 Å². The predicted molar refractivity (Wildman–Crippen MR) is 88.2 cm³/mol. The molecule has 0 N–H and O–H groups in total. The Bertz CT molecular complexity index is 1010. The van der Waals surface area contributed by atoms with Crippen molar-refractivity contribution in [3.05, 3.63) is 48.5 Å². The van der Waals surface area contributed by atoms with Crippen molar-refractivity contribution in [1.29, 1.82) is 0 Å². The van der Waals surface area contributed by atoms with Crippen LogP contribution in [0.2, 0.25) is 0 Å². The summed E-state index contributed by atoms with van der Waals surface area (Å²) in [5.74, 6) is 0. The minimum Gasteiger partial charge on any atom is -0.350 e. The van der Waals surface area contributed by atoms with E-state index in [4.69, 9.17) is 0 Å². The first-order valence-corrected chi connectivity index (χ1v) is 7.73. The van der Waals surface area contributed by atoms with Gasteiger partial charge in [-0.05, 0) is 24.3 Å². The van der Waals surface area contributed by atoms with Crippen LogP contribution in [0.25, 0.3) is 32.2 Å². The molecule has 4 rings (SSSR count). The number of hydrogen-bond donors (Lipinski definition) is 0. The summed E-state index contributed by atoms with van der Waals surface area (Å²) in [4.78, 5) is 19.7. The molecular formula is C16H11N5OS. The van der Waals surface area contributed by atoms with E-state index in [1.165, 1.54) is 11.3 Å². The van der Waals surface area contributed by atoms with E-state index in [9.17, 15) is 4.79 Å². The van der Waals surface area contributed by atoms with Gasteiger partial charge in [0.1, 0.15) is 16.4 Å². The monoisotopic (exact) mass is 321 g/mol. The fourth-order valence-electron chi connectivity index (χ4n) is 2.43. The number of pyridine rings is 2. The molecule has 0 saturated heterocycles. The topological polar surface area (TPSA) is 73.6 Å². The predicted octanol–water partition coefficient (Wildman–Crippen LogP) is 2.97. The molecule has 0 aliphatic carbocycles. The maximum atomic E-state index is 11.2. The van der Waals surface area contributed by atoms with Crippen molar-refractivity contribution in [3.63, 3.8) is 0 Å². The molecule has 0 aliphatic heterocycles. The highest BCUT2D eigenvalue weighted by Gasteiger charge is 2.15. The van der Waals surface area contributed by atoms with Crippen LogP contribution in [0, 0.1) is 0 Å². The number of carbonyl (C=O) groups is 1. The number of hydrogen-bond acceptors (Lipinski definition) is 6. The van der Waals surface area contributed by atoms with Crippen LogP contribution >= 0.6 is 11.3 Å². The Morgan fingerprint density at radius 2 is 2.09 bits per heavy atom. The van der Waals surface area contributed by atoms with Crippen LogP contribution in [0.15, 0.2) is 42.9 Å². The van der Waals surface area contributed by atoms with Gasteiger partial charge < -0.3 is 4.57 Å². The van der Waals surface area contributed by atoms with Gasteiger partial charge in [-0.15, -0.1) is 10.2 Å². The first-order chi connectivity index (χ1) is 11.3. The van der Waals surface area contributed by atoms with Gasteiger partial charge in [-0.1, -0.05) is 11.3 Å². The number of nitrogens with zero attached hydrogens (tertiary/aromatic N) is 5. The van der Waals surface area contributed by atoms with Gasteiger partial charge in [0.2, 0.25) is 0 Å². The molecule has 4 aromatic heterocycles. The second kappa shape index (κ2) is 5.36. The minimum atomic E-state index is 0.382. The maximum absolute atomic E-state index is 11.2. The normalized spacial score (nSPS) is 11.0. The zero-order valence-electron chi connectivity index (χ0n) is 12.2. The van der Waals surface area contributed by atoms with Gasteiger partial charge in [-0.25, -0.2) is 4.98 Å². The van der Waals surface area contributed by atoms with E-state index in [0.717, 1.165) is 27.8 Å². The van der Waals surface area contributed by atoms with Crippen molar-refractivity contribution >= 4 is 28.5 Å². The van der Waals surface area contributed by atoms with Crippen molar-refractivity contribution < 1.29 is 4.79 Å². The molecule has 0 aliphatic rings. The van der Waals surface area contributed by atoms with Crippen LogP contribution in [0.4, 0.5) is 0 Å². The molecule has 4 aromatic rings. The maximum Gasteiger partial charge on any atom is 0.168 e. The lowest BCUT2D eigenvalue weighted by Crippen LogP contribution is -1.94. The molecule has 23 heavy (non-hydrogen) atoms. The standard InChI is InChI=1S/C16H11N5OS/c1-21-6-4-12-13(21)7-11(9-22)18-14(12)16-20-19-15(23-16)10-3-2-5-17-8-10/h2-9H,1H3. The average Bonchev–Trinajstić information content (AvgIpc) is 3.22. The Kier molecular flexibility index (Phi) is 3.20. The summed E-state index contributed by atoms with van der Waals surface area (Å²) in [6, 6.07) is 7.54. The van der Waals surface area contributed by atoms with Gasteiger partial charge in [0.15, 0.2) is 11.3 Å². The summed E-state index contributed by atoms with van der Waals surface area (Å²) in [6.07, 6.45) is 6.15. The smallest absolute Gasteiger partial charge is 0.168 e. The van der Waals surface area contributed by atoms with E-state index in [-0.39, 0.29) is 0 Å². The quantitative estimate of drug-likeness (QED) is 0.542. The van der Waals surface area contributed by atoms with Crippen molar-refractivity contribution in [2.24, 2.45) is 7.05 Å². The minimum absolute atomic E-state index is 0.382. The third-order valence-corrected chi connectivity index (χ3v) is 4.54. The lowest BCUT2D eigenvalue weighted by molar-refractivity contribution is 0.111. The summed E-state index contributed by atoms with van der Waals surface area (Å²) in [6.45, 7) is 0. The lowest BCUT2D eigenvalue weighted by Gasteiger charge is -2.02. The van der Waals surface area contributed by atoms with Crippen LogP contribution in [0.1, 0.15) is 10.5 Å². The number of carbonyl (C=O) groups excluding carboxylic acids is 1. The van der Waals surface area contributed by atoms with Crippen LogP contribution in [-0.4, -0.2) is 31.0 Å². The zero-order chi connectivity index (χ0) is 15.8. The molecule has 0 fully saturated rings. The molecular weight excluding hydrogens is 310 g/mol. The van der Waals surface area contributed by atoms with E-state index >= 15 is 0 Å². The van der Waals surface area contributed by atoms with Crippen molar-refractivity contribution in [2.45, 2.75) is 0 Å².